The molecule has 0 radical (unpaired) electrons. The average molecular weight is 341 g/mol. The van der Waals surface area contributed by atoms with Gasteiger partial charge in [0.25, 0.3) is 0 Å². The summed E-state index contributed by atoms with van der Waals surface area (Å²) in [7, 11) is 1.60. The van der Waals surface area contributed by atoms with Gasteiger partial charge < -0.3 is 14.4 Å². The zero-order chi connectivity index (χ0) is 18.0. The van der Waals surface area contributed by atoms with Gasteiger partial charge >= 0.3 is 0 Å². The van der Waals surface area contributed by atoms with Crippen LogP contribution in [0.15, 0.2) is 6.07 Å². The number of hydrogen-bond donors (Lipinski definition) is 0. The third kappa shape index (κ3) is 3.49. The molecule has 0 bridgehead atoms. The third-order valence-corrected chi connectivity index (χ3v) is 4.23. The number of ether oxygens (including phenoxy) is 2. The standard InChI is InChI=1S/C18H23N5O2/c1-11(2)16-21-14-7-12(3)20-18(24-4)15(14)17(22-16)23-5-6-25-10-13(8-19)9-23/h7,11,13H,5-6,9-10H2,1-4H3. The highest BCUT2D eigenvalue weighted by Crippen LogP contribution is 2.33. The summed E-state index contributed by atoms with van der Waals surface area (Å²) in [5.74, 6) is 2.05. The fourth-order valence-electron chi connectivity index (χ4n) is 2.95. The number of nitrogens with zero attached hydrogens (tertiary/aromatic N) is 5. The van der Waals surface area contributed by atoms with E-state index >= 15 is 0 Å². The van der Waals surface area contributed by atoms with Gasteiger partial charge in [0.05, 0.1) is 37.8 Å². The van der Waals surface area contributed by atoms with Gasteiger partial charge in [-0.1, -0.05) is 13.8 Å². The molecular formula is C18H23N5O2. The highest BCUT2D eigenvalue weighted by Gasteiger charge is 2.24. The molecule has 0 aliphatic carbocycles. The summed E-state index contributed by atoms with van der Waals surface area (Å²) in [5.41, 5.74) is 1.66. The van der Waals surface area contributed by atoms with Gasteiger partial charge in [-0.15, -0.1) is 0 Å². The molecule has 0 spiro atoms. The van der Waals surface area contributed by atoms with E-state index in [1.54, 1.807) is 7.11 Å². The lowest BCUT2D eigenvalue weighted by molar-refractivity contribution is 0.137. The van der Waals surface area contributed by atoms with Crippen LogP contribution >= 0.6 is 0 Å². The van der Waals surface area contributed by atoms with Crippen LogP contribution in [0.3, 0.4) is 0 Å². The van der Waals surface area contributed by atoms with Crippen LogP contribution in [-0.4, -0.2) is 48.4 Å². The molecule has 132 valence electrons. The monoisotopic (exact) mass is 341 g/mol. The van der Waals surface area contributed by atoms with Gasteiger partial charge in [0.2, 0.25) is 5.88 Å². The maximum absolute atomic E-state index is 9.35. The van der Waals surface area contributed by atoms with Gasteiger partial charge in [0, 0.05) is 24.7 Å². The maximum atomic E-state index is 9.35. The number of hydrogen-bond acceptors (Lipinski definition) is 7. The molecule has 1 saturated heterocycles. The number of rotatable bonds is 3. The van der Waals surface area contributed by atoms with Crippen molar-refractivity contribution in [2.45, 2.75) is 26.7 Å². The van der Waals surface area contributed by atoms with Crippen molar-refractivity contribution in [3.8, 4) is 11.9 Å². The Balaban J connectivity index is 2.22. The largest absolute Gasteiger partial charge is 0.480 e. The third-order valence-electron chi connectivity index (χ3n) is 4.23. The van der Waals surface area contributed by atoms with E-state index in [1.165, 1.54) is 0 Å². The minimum absolute atomic E-state index is 0.192. The molecule has 0 amide bonds. The van der Waals surface area contributed by atoms with Gasteiger partial charge in [0.1, 0.15) is 17.0 Å². The fraction of sp³-hybridized carbons (Fsp3) is 0.556. The number of anilines is 1. The van der Waals surface area contributed by atoms with Gasteiger partial charge in [-0.25, -0.2) is 15.0 Å². The molecule has 7 heteroatoms. The molecule has 3 rings (SSSR count). The van der Waals surface area contributed by atoms with Crippen LogP contribution in [0.4, 0.5) is 5.82 Å². The SMILES string of the molecule is COc1nc(C)cc2nc(C(C)C)nc(N3CCOCC(C#N)C3)c12. The van der Waals surface area contributed by atoms with Crippen molar-refractivity contribution in [3.63, 3.8) is 0 Å². The fourth-order valence-corrected chi connectivity index (χ4v) is 2.95. The van der Waals surface area contributed by atoms with Crippen LogP contribution < -0.4 is 9.64 Å². The molecule has 0 aromatic carbocycles. The van der Waals surface area contributed by atoms with Gasteiger partial charge in [-0.3, -0.25) is 0 Å². The first-order chi connectivity index (χ1) is 12.0. The normalized spacial score (nSPS) is 18.2. The second kappa shape index (κ2) is 7.19. The molecular weight excluding hydrogens is 318 g/mol. The van der Waals surface area contributed by atoms with Crippen LogP contribution in [0.25, 0.3) is 10.9 Å². The van der Waals surface area contributed by atoms with E-state index in [0.29, 0.717) is 32.2 Å². The van der Waals surface area contributed by atoms with E-state index in [1.807, 2.05) is 13.0 Å². The van der Waals surface area contributed by atoms with Gasteiger partial charge in [-0.05, 0) is 13.0 Å². The topological polar surface area (TPSA) is 84.2 Å². The Morgan fingerprint density at radius 1 is 1.36 bits per heavy atom. The van der Waals surface area contributed by atoms with E-state index in [9.17, 15) is 5.26 Å². The lowest BCUT2D eigenvalue weighted by Gasteiger charge is -2.25. The van der Waals surface area contributed by atoms with Crippen LogP contribution in [-0.2, 0) is 4.74 Å². The summed E-state index contributed by atoms with van der Waals surface area (Å²) in [4.78, 5) is 16.1. The van der Waals surface area contributed by atoms with Crippen molar-refractivity contribution in [2.24, 2.45) is 5.92 Å². The first kappa shape index (κ1) is 17.4. The van der Waals surface area contributed by atoms with E-state index in [4.69, 9.17) is 19.4 Å². The van der Waals surface area contributed by atoms with Crippen molar-refractivity contribution in [1.82, 2.24) is 15.0 Å². The zero-order valence-corrected chi connectivity index (χ0v) is 15.1. The highest BCUT2D eigenvalue weighted by molar-refractivity contribution is 5.94. The number of fused-ring (bicyclic) bond motifs is 1. The number of aromatic nitrogens is 3. The lowest BCUT2D eigenvalue weighted by atomic mass is 10.1. The second-order valence-corrected chi connectivity index (χ2v) is 6.57. The summed E-state index contributed by atoms with van der Waals surface area (Å²) < 4.78 is 11.1. The predicted molar refractivity (Wildman–Crippen MR) is 94.8 cm³/mol. The van der Waals surface area contributed by atoms with Crippen LogP contribution in [0, 0.1) is 24.2 Å². The van der Waals surface area contributed by atoms with Crippen molar-refractivity contribution >= 4 is 16.7 Å². The Morgan fingerprint density at radius 3 is 2.84 bits per heavy atom. The number of aryl methyl sites for hydroxylation is 1. The molecule has 0 N–H and O–H groups in total. The van der Waals surface area contributed by atoms with Crippen molar-refractivity contribution in [2.75, 3.05) is 38.3 Å². The Kier molecular flexibility index (Phi) is 5.00. The van der Waals surface area contributed by atoms with E-state index in [0.717, 1.165) is 28.2 Å². The zero-order valence-electron chi connectivity index (χ0n) is 15.1. The van der Waals surface area contributed by atoms with Crippen molar-refractivity contribution < 1.29 is 9.47 Å². The molecule has 1 aliphatic heterocycles. The Labute approximate surface area is 147 Å². The Hall–Kier alpha value is -2.46. The van der Waals surface area contributed by atoms with Crippen molar-refractivity contribution in [1.29, 1.82) is 5.26 Å². The Morgan fingerprint density at radius 2 is 2.16 bits per heavy atom. The molecule has 0 saturated carbocycles. The summed E-state index contributed by atoms with van der Waals surface area (Å²) in [6, 6.07) is 4.26. The number of methoxy groups -OCH3 is 1. The van der Waals surface area contributed by atoms with Gasteiger partial charge in [0.15, 0.2) is 0 Å². The first-order valence-corrected chi connectivity index (χ1v) is 8.49. The van der Waals surface area contributed by atoms with Crippen LogP contribution in [0.1, 0.15) is 31.3 Å². The van der Waals surface area contributed by atoms with E-state index in [-0.39, 0.29) is 11.8 Å². The summed E-state index contributed by atoms with van der Waals surface area (Å²) in [5, 5.41) is 10.1. The predicted octanol–water partition coefficient (Wildman–Crippen LogP) is 2.44. The maximum Gasteiger partial charge on any atom is 0.226 e. The lowest BCUT2D eigenvalue weighted by Crippen LogP contribution is -2.31. The molecule has 2 aromatic rings. The molecule has 1 fully saturated rings. The van der Waals surface area contributed by atoms with Crippen LogP contribution in [0.5, 0.6) is 5.88 Å². The minimum atomic E-state index is -0.195. The van der Waals surface area contributed by atoms with E-state index in [2.05, 4.69) is 29.8 Å². The molecule has 25 heavy (non-hydrogen) atoms. The Bertz CT molecular complexity index is 815. The number of nitriles is 1. The van der Waals surface area contributed by atoms with Crippen molar-refractivity contribution in [3.05, 3.63) is 17.6 Å². The molecule has 3 heterocycles. The summed E-state index contributed by atoms with van der Waals surface area (Å²) in [6.45, 7) is 8.30. The minimum Gasteiger partial charge on any atom is -0.480 e. The second-order valence-electron chi connectivity index (χ2n) is 6.57. The molecule has 1 unspecified atom stereocenters. The van der Waals surface area contributed by atoms with Crippen LogP contribution in [0.2, 0.25) is 0 Å². The first-order valence-electron chi connectivity index (χ1n) is 8.49. The smallest absolute Gasteiger partial charge is 0.226 e. The molecule has 7 nitrogen and oxygen atoms in total. The van der Waals surface area contributed by atoms with Gasteiger partial charge in [-0.2, -0.15) is 5.26 Å². The average Bonchev–Trinajstić information content (AvgIpc) is 2.85. The molecule has 2 aromatic heterocycles. The number of pyridine rings is 1. The summed E-state index contributed by atoms with van der Waals surface area (Å²) >= 11 is 0. The quantitative estimate of drug-likeness (QED) is 0.847. The molecule has 1 atom stereocenters. The van der Waals surface area contributed by atoms with E-state index < -0.39 is 0 Å². The molecule has 1 aliphatic rings. The highest BCUT2D eigenvalue weighted by atomic mass is 16.5. The summed E-state index contributed by atoms with van der Waals surface area (Å²) in [6.07, 6.45) is 0.